The fourth-order valence-corrected chi connectivity index (χ4v) is 4.23. The van der Waals surface area contributed by atoms with E-state index in [9.17, 15) is 18.8 Å². The van der Waals surface area contributed by atoms with E-state index in [-0.39, 0.29) is 22.2 Å². The quantitative estimate of drug-likeness (QED) is 0.238. The number of rotatable bonds is 6. The van der Waals surface area contributed by atoms with Gasteiger partial charge in [0, 0.05) is 10.6 Å². The number of benzene rings is 3. The summed E-state index contributed by atoms with van der Waals surface area (Å²) in [5.41, 5.74) is 1.22. The highest BCUT2D eigenvalue weighted by molar-refractivity contribution is 8.18. The van der Waals surface area contributed by atoms with Gasteiger partial charge >= 0.3 is 5.97 Å². The van der Waals surface area contributed by atoms with Crippen LogP contribution in [0.3, 0.4) is 0 Å². The Bertz CT molecular complexity index is 1310. The molecule has 172 valence electrons. The van der Waals surface area contributed by atoms with Crippen molar-refractivity contribution in [1.82, 2.24) is 4.90 Å². The van der Waals surface area contributed by atoms with E-state index in [1.54, 1.807) is 48.5 Å². The molecule has 1 aliphatic heterocycles. The first-order valence-corrected chi connectivity index (χ1v) is 11.2. The van der Waals surface area contributed by atoms with E-state index in [0.29, 0.717) is 22.4 Å². The number of esters is 1. The Labute approximate surface area is 203 Å². The molecule has 1 heterocycles. The van der Waals surface area contributed by atoms with E-state index in [2.05, 4.69) is 0 Å². The first-order valence-electron chi connectivity index (χ1n) is 10.0. The molecule has 0 spiro atoms. The van der Waals surface area contributed by atoms with Crippen LogP contribution in [0.25, 0.3) is 6.08 Å². The molecule has 3 aromatic rings. The van der Waals surface area contributed by atoms with Gasteiger partial charge in [0.1, 0.15) is 17.3 Å². The summed E-state index contributed by atoms with van der Waals surface area (Å²) in [6.45, 7) is -0.0881. The number of hydrogen-bond acceptors (Lipinski definition) is 6. The molecule has 0 radical (unpaired) electrons. The zero-order chi connectivity index (χ0) is 24.2. The van der Waals surface area contributed by atoms with Gasteiger partial charge in [-0.25, -0.2) is 9.18 Å². The number of nitrogens with zero attached hydrogens (tertiary/aromatic N) is 1. The van der Waals surface area contributed by atoms with Crippen LogP contribution in [0.1, 0.15) is 21.5 Å². The summed E-state index contributed by atoms with van der Waals surface area (Å²) < 4.78 is 23.9. The maximum atomic E-state index is 13.3. The van der Waals surface area contributed by atoms with Gasteiger partial charge in [-0.15, -0.1) is 0 Å². The molecule has 1 aliphatic rings. The highest BCUT2D eigenvalue weighted by atomic mass is 35.5. The summed E-state index contributed by atoms with van der Waals surface area (Å²) in [5, 5.41) is -0.358. The molecule has 1 fully saturated rings. The largest absolute Gasteiger partial charge is 0.497 e. The van der Waals surface area contributed by atoms with E-state index in [1.807, 2.05) is 0 Å². The average Bonchev–Trinajstić information content (AvgIpc) is 3.09. The average molecular weight is 498 g/mol. The molecule has 34 heavy (non-hydrogen) atoms. The predicted molar refractivity (Wildman–Crippen MR) is 127 cm³/mol. The number of ether oxygens (including phenoxy) is 2. The zero-order valence-corrected chi connectivity index (χ0v) is 19.4. The Morgan fingerprint density at radius 1 is 1.09 bits per heavy atom. The number of imide groups is 1. The minimum Gasteiger partial charge on any atom is -0.497 e. The van der Waals surface area contributed by atoms with Gasteiger partial charge in [0.25, 0.3) is 11.1 Å². The molecule has 3 aromatic carbocycles. The lowest BCUT2D eigenvalue weighted by Crippen LogP contribution is -2.27. The number of thioether (sulfide) groups is 1. The van der Waals surface area contributed by atoms with Gasteiger partial charge in [-0.1, -0.05) is 35.9 Å². The summed E-state index contributed by atoms with van der Waals surface area (Å²) in [4.78, 5) is 39.1. The monoisotopic (exact) mass is 497 g/mol. The van der Waals surface area contributed by atoms with Crippen molar-refractivity contribution in [2.75, 3.05) is 7.11 Å². The smallest absolute Gasteiger partial charge is 0.343 e. The number of halogens is 2. The van der Waals surface area contributed by atoms with Crippen molar-refractivity contribution >= 4 is 46.6 Å². The van der Waals surface area contributed by atoms with Crippen molar-refractivity contribution in [2.24, 2.45) is 0 Å². The molecule has 0 aromatic heterocycles. The lowest BCUT2D eigenvalue weighted by atomic mass is 10.1. The maximum Gasteiger partial charge on any atom is 0.343 e. The Kier molecular flexibility index (Phi) is 7.00. The Morgan fingerprint density at radius 3 is 2.53 bits per heavy atom. The lowest BCUT2D eigenvalue weighted by molar-refractivity contribution is -0.123. The Hall–Kier alpha value is -3.62. The molecule has 6 nitrogen and oxygen atoms in total. The first kappa shape index (κ1) is 23.5. The van der Waals surface area contributed by atoms with Crippen LogP contribution in [0.5, 0.6) is 11.5 Å². The van der Waals surface area contributed by atoms with Crippen LogP contribution in [0.2, 0.25) is 5.02 Å². The number of hydrogen-bond donors (Lipinski definition) is 0. The van der Waals surface area contributed by atoms with Gasteiger partial charge in [0.15, 0.2) is 0 Å². The third-order valence-electron chi connectivity index (χ3n) is 4.95. The van der Waals surface area contributed by atoms with Crippen molar-refractivity contribution in [2.45, 2.75) is 6.54 Å². The van der Waals surface area contributed by atoms with E-state index in [1.165, 1.54) is 25.3 Å². The van der Waals surface area contributed by atoms with Crippen molar-refractivity contribution < 1.29 is 28.2 Å². The number of methoxy groups -OCH3 is 1. The van der Waals surface area contributed by atoms with Crippen LogP contribution in [0.15, 0.2) is 71.6 Å². The van der Waals surface area contributed by atoms with Gasteiger partial charge in [-0.3, -0.25) is 14.5 Å². The Balaban J connectivity index is 1.54. The van der Waals surface area contributed by atoms with Crippen molar-refractivity contribution in [3.8, 4) is 11.5 Å². The zero-order valence-electron chi connectivity index (χ0n) is 17.8. The molecule has 4 rings (SSSR count). The summed E-state index contributed by atoms with van der Waals surface area (Å²) in [5.74, 6) is -0.774. The molecule has 1 saturated heterocycles. The van der Waals surface area contributed by atoms with E-state index < -0.39 is 22.9 Å². The minimum absolute atomic E-state index is 0.0881. The second kappa shape index (κ2) is 10.1. The molecular formula is C25H17ClFNO5S. The van der Waals surface area contributed by atoms with E-state index >= 15 is 0 Å². The van der Waals surface area contributed by atoms with Crippen LogP contribution in [0.4, 0.5) is 9.18 Å². The van der Waals surface area contributed by atoms with Gasteiger partial charge in [-0.05, 0) is 65.9 Å². The molecule has 0 N–H and O–H groups in total. The van der Waals surface area contributed by atoms with Crippen LogP contribution in [-0.2, 0) is 11.3 Å². The highest BCUT2D eigenvalue weighted by Gasteiger charge is 2.35. The number of amides is 2. The fourth-order valence-electron chi connectivity index (χ4n) is 3.18. The van der Waals surface area contributed by atoms with Crippen molar-refractivity contribution in [3.05, 3.63) is 99.2 Å². The van der Waals surface area contributed by atoms with E-state index in [4.69, 9.17) is 21.1 Å². The van der Waals surface area contributed by atoms with Gasteiger partial charge < -0.3 is 9.47 Å². The SMILES string of the molecule is COc1ccc(C(=O)Oc2ccccc2/C=C2\SC(=O)N(Cc3ccc(F)cc3Cl)C2=O)cc1. The summed E-state index contributed by atoms with van der Waals surface area (Å²) in [7, 11) is 1.53. The first-order chi connectivity index (χ1) is 16.4. The van der Waals surface area contributed by atoms with Crippen LogP contribution >= 0.6 is 23.4 Å². The molecule has 0 saturated carbocycles. The van der Waals surface area contributed by atoms with Gasteiger partial charge in [0.2, 0.25) is 0 Å². The number of carbonyl (C=O) groups is 3. The second-order valence-corrected chi connectivity index (χ2v) is 8.56. The van der Waals surface area contributed by atoms with Crippen molar-refractivity contribution in [1.29, 1.82) is 0 Å². The summed E-state index contributed by atoms with van der Waals surface area (Å²) >= 11 is 6.80. The summed E-state index contributed by atoms with van der Waals surface area (Å²) in [6, 6.07) is 16.9. The van der Waals surface area contributed by atoms with Gasteiger partial charge in [-0.2, -0.15) is 0 Å². The highest BCUT2D eigenvalue weighted by Crippen LogP contribution is 2.35. The van der Waals surface area contributed by atoms with Crippen LogP contribution in [0, 0.1) is 5.82 Å². The number of para-hydroxylation sites is 1. The third kappa shape index (κ3) is 5.13. The lowest BCUT2D eigenvalue weighted by Gasteiger charge is -2.13. The molecule has 0 atom stereocenters. The molecule has 0 unspecified atom stereocenters. The van der Waals surface area contributed by atoms with Gasteiger partial charge in [0.05, 0.1) is 24.1 Å². The fraction of sp³-hybridized carbons (Fsp3) is 0.0800. The predicted octanol–water partition coefficient (Wildman–Crippen LogP) is 5.94. The second-order valence-electron chi connectivity index (χ2n) is 7.16. The maximum absolute atomic E-state index is 13.3. The molecule has 0 aliphatic carbocycles. The number of carbonyl (C=O) groups excluding carboxylic acids is 3. The minimum atomic E-state index is -0.581. The van der Waals surface area contributed by atoms with E-state index in [0.717, 1.165) is 22.7 Å². The van der Waals surface area contributed by atoms with Crippen molar-refractivity contribution in [3.63, 3.8) is 0 Å². The standard InChI is InChI=1S/C25H17ClFNO5S/c1-32-19-10-7-15(8-11-19)24(30)33-21-5-3-2-4-16(21)12-22-23(29)28(25(31)34-22)14-17-6-9-18(27)13-20(17)26/h2-13H,14H2,1H3/b22-12-. The van der Waals surface area contributed by atoms with Crippen LogP contribution < -0.4 is 9.47 Å². The molecule has 2 amide bonds. The molecule has 9 heteroatoms. The Morgan fingerprint density at radius 2 is 1.82 bits per heavy atom. The topological polar surface area (TPSA) is 72.9 Å². The normalized spacial score (nSPS) is 14.6. The molecule has 0 bridgehead atoms. The van der Waals surface area contributed by atoms with Crippen LogP contribution in [-0.4, -0.2) is 29.1 Å². The molecular weight excluding hydrogens is 481 g/mol. The third-order valence-corrected chi connectivity index (χ3v) is 6.21. The summed E-state index contributed by atoms with van der Waals surface area (Å²) in [6.07, 6.45) is 1.49.